The summed E-state index contributed by atoms with van der Waals surface area (Å²) in [6.45, 7) is 8.20. The van der Waals surface area contributed by atoms with Gasteiger partial charge < -0.3 is 9.64 Å². The molecule has 0 N–H and O–H groups in total. The van der Waals surface area contributed by atoms with Crippen molar-refractivity contribution in [2.75, 3.05) is 19.7 Å². The number of hydrogen-bond donors (Lipinski definition) is 0. The first kappa shape index (κ1) is 16.7. The van der Waals surface area contributed by atoms with Gasteiger partial charge in [-0.2, -0.15) is 0 Å². The molecule has 4 nitrogen and oxygen atoms in total. The first-order valence-corrected chi connectivity index (χ1v) is 8.37. The maximum absolute atomic E-state index is 12.8. The predicted molar refractivity (Wildman–Crippen MR) is 94.0 cm³/mol. The lowest BCUT2D eigenvalue weighted by atomic mass is 9.86. The van der Waals surface area contributed by atoms with E-state index >= 15 is 0 Å². The summed E-state index contributed by atoms with van der Waals surface area (Å²) in [6, 6.07) is 13.7. The molecule has 2 heterocycles. The minimum Gasteiger partial charge on any atom is -0.368 e. The van der Waals surface area contributed by atoms with E-state index in [9.17, 15) is 4.79 Å². The molecule has 0 radical (unpaired) electrons. The van der Waals surface area contributed by atoms with Gasteiger partial charge in [0.15, 0.2) is 0 Å². The van der Waals surface area contributed by atoms with Crippen molar-refractivity contribution in [3.8, 4) is 0 Å². The van der Waals surface area contributed by atoms with Crippen molar-refractivity contribution in [2.24, 2.45) is 0 Å². The molecule has 3 rings (SSSR count). The summed E-state index contributed by atoms with van der Waals surface area (Å²) < 4.78 is 5.79. The summed E-state index contributed by atoms with van der Waals surface area (Å²) in [5.74, 6) is 0.0553. The van der Waals surface area contributed by atoms with Gasteiger partial charge in [-0.3, -0.25) is 9.78 Å². The van der Waals surface area contributed by atoms with Gasteiger partial charge in [-0.05, 0) is 35.2 Å². The monoisotopic (exact) mass is 324 g/mol. The van der Waals surface area contributed by atoms with E-state index in [1.807, 2.05) is 47.4 Å². The molecule has 1 amide bonds. The Kier molecular flexibility index (Phi) is 4.67. The largest absolute Gasteiger partial charge is 0.368 e. The molecular formula is C20H24N2O2. The molecule has 4 heteroatoms. The third-order valence-electron chi connectivity index (χ3n) is 4.37. The van der Waals surface area contributed by atoms with Gasteiger partial charge in [0.25, 0.3) is 5.91 Å². The van der Waals surface area contributed by atoms with Crippen molar-refractivity contribution >= 4 is 5.91 Å². The first-order valence-electron chi connectivity index (χ1n) is 8.37. The summed E-state index contributed by atoms with van der Waals surface area (Å²) in [5, 5.41) is 0. The molecule has 1 aromatic carbocycles. The van der Waals surface area contributed by atoms with Gasteiger partial charge in [0.1, 0.15) is 6.10 Å². The minimum atomic E-state index is -0.155. The van der Waals surface area contributed by atoms with Gasteiger partial charge >= 0.3 is 0 Å². The third kappa shape index (κ3) is 3.65. The number of ether oxygens (including phenoxy) is 1. The van der Waals surface area contributed by atoms with Crippen LogP contribution in [0.25, 0.3) is 0 Å². The maximum atomic E-state index is 12.8. The molecule has 1 aromatic heterocycles. The number of benzene rings is 1. The van der Waals surface area contributed by atoms with Crippen molar-refractivity contribution in [1.82, 2.24) is 9.88 Å². The van der Waals surface area contributed by atoms with Crippen molar-refractivity contribution < 1.29 is 9.53 Å². The smallest absolute Gasteiger partial charge is 0.254 e. The van der Waals surface area contributed by atoms with Crippen LogP contribution in [-0.2, 0) is 10.2 Å². The molecule has 0 saturated carbocycles. The Morgan fingerprint density at radius 1 is 1.17 bits per heavy atom. The standard InChI is InChI=1S/C20H24N2O2/c1-20(2,3)16-9-7-15(8-10-16)19(23)22-12-13-24-18(14-22)17-6-4-5-11-21-17/h4-11,18H,12-14H2,1-3H3. The second-order valence-corrected chi connectivity index (χ2v) is 7.19. The van der Waals surface area contributed by atoms with E-state index in [0.29, 0.717) is 19.7 Å². The van der Waals surface area contributed by atoms with Crippen molar-refractivity contribution in [2.45, 2.75) is 32.3 Å². The number of carbonyl (C=O) groups is 1. The van der Waals surface area contributed by atoms with Crippen LogP contribution in [0.2, 0.25) is 0 Å². The zero-order chi connectivity index (χ0) is 17.2. The Balaban J connectivity index is 1.73. The summed E-state index contributed by atoms with van der Waals surface area (Å²) in [7, 11) is 0. The quantitative estimate of drug-likeness (QED) is 0.848. The lowest BCUT2D eigenvalue weighted by Gasteiger charge is -2.32. The van der Waals surface area contributed by atoms with E-state index < -0.39 is 0 Å². The molecule has 0 spiro atoms. The van der Waals surface area contributed by atoms with Gasteiger partial charge in [-0.25, -0.2) is 0 Å². The van der Waals surface area contributed by atoms with E-state index in [1.165, 1.54) is 5.56 Å². The lowest BCUT2D eigenvalue weighted by molar-refractivity contribution is -0.0247. The summed E-state index contributed by atoms with van der Waals surface area (Å²) in [5.41, 5.74) is 2.92. The Morgan fingerprint density at radius 2 is 1.92 bits per heavy atom. The number of nitrogens with zero attached hydrogens (tertiary/aromatic N) is 2. The molecule has 1 aliphatic rings. The van der Waals surface area contributed by atoms with Crippen LogP contribution in [-0.4, -0.2) is 35.5 Å². The van der Waals surface area contributed by atoms with Crippen molar-refractivity contribution in [3.63, 3.8) is 0 Å². The number of morpholine rings is 1. The van der Waals surface area contributed by atoms with Crippen LogP contribution in [0.1, 0.15) is 48.5 Å². The molecule has 126 valence electrons. The van der Waals surface area contributed by atoms with Gasteiger partial charge in [-0.1, -0.05) is 39.0 Å². The topological polar surface area (TPSA) is 42.4 Å². The number of pyridine rings is 1. The van der Waals surface area contributed by atoms with Crippen molar-refractivity contribution in [1.29, 1.82) is 0 Å². The highest BCUT2D eigenvalue weighted by atomic mass is 16.5. The number of rotatable bonds is 2. The van der Waals surface area contributed by atoms with Gasteiger partial charge in [0, 0.05) is 18.3 Å². The fourth-order valence-electron chi connectivity index (χ4n) is 2.87. The van der Waals surface area contributed by atoms with Crippen LogP contribution in [0.3, 0.4) is 0 Å². The summed E-state index contributed by atoms with van der Waals surface area (Å²) in [6.07, 6.45) is 1.60. The SMILES string of the molecule is CC(C)(C)c1ccc(C(=O)N2CCOC(c3ccccn3)C2)cc1. The number of hydrogen-bond acceptors (Lipinski definition) is 3. The molecular weight excluding hydrogens is 300 g/mol. The van der Waals surface area contributed by atoms with Gasteiger partial charge in [-0.15, -0.1) is 0 Å². The Hall–Kier alpha value is -2.20. The van der Waals surface area contributed by atoms with E-state index in [-0.39, 0.29) is 17.4 Å². The maximum Gasteiger partial charge on any atom is 0.254 e. The Morgan fingerprint density at radius 3 is 2.54 bits per heavy atom. The van der Waals surface area contributed by atoms with Crippen LogP contribution in [0.15, 0.2) is 48.7 Å². The van der Waals surface area contributed by atoms with Crippen molar-refractivity contribution in [3.05, 3.63) is 65.5 Å². The highest BCUT2D eigenvalue weighted by Crippen LogP contribution is 2.24. The van der Waals surface area contributed by atoms with E-state index in [4.69, 9.17) is 4.74 Å². The highest BCUT2D eigenvalue weighted by molar-refractivity contribution is 5.94. The molecule has 1 atom stereocenters. The fourth-order valence-corrected chi connectivity index (χ4v) is 2.87. The van der Waals surface area contributed by atoms with Crippen LogP contribution < -0.4 is 0 Å². The number of aromatic nitrogens is 1. The molecule has 0 aliphatic carbocycles. The van der Waals surface area contributed by atoms with Gasteiger partial charge in [0.2, 0.25) is 0 Å². The van der Waals surface area contributed by atoms with Crippen LogP contribution in [0, 0.1) is 0 Å². The highest BCUT2D eigenvalue weighted by Gasteiger charge is 2.27. The average Bonchev–Trinajstić information content (AvgIpc) is 2.61. The van der Waals surface area contributed by atoms with E-state index in [1.54, 1.807) is 6.20 Å². The molecule has 24 heavy (non-hydrogen) atoms. The number of carbonyl (C=O) groups excluding carboxylic acids is 1. The molecule has 1 saturated heterocycles. The second kappa shape index (κ2) is 6.73. The van der Waals surface area contributed by atoms with Crippen LogP contribution in [0.4, 0.5) is 0 Å². The minimum absolute atomic E-state index is 0.0553. The molecule has 1 aliphatic heterocycles. The zero-order valence-corrected chi connectivity index (χ0v) is 14.5. The van der Waals surface area contributed by atoms with Gasteiger partial charge in [0.05, 0.1) is 18.8 Å². The van der Waals surface area contributed by atoms with E-state index in [2.05, 4.69) is 25.8 Å². The molecule has 2 aromatic rings. The Bertz CT molecular complexity index is 690. The zero-order valence-electron chi connectivity index (χ0n) is 14.5. The summed E-state index contributed by atoms with van der Waals surface area (Å²) >= 11 is 0. The fraction of sp³-hybridized carbons (Fsp3) is 0.400. The molecule has 1 unspecified atom stereocenters. The number of amides is 1. The molecule has 1 fully saturated rings. The predicted octanol–water partition coefficient (Wildman–Crippen LogP) is 3.59. The van der Waals surface area contributed by atoms with Crippen LogP contribution >= 0.6 is 0 Å². The lowest BCUT2D eigenvalue weighted by Crippen LogP contribution is -2.42. The normalized spacial score (nSPS) is 18.5. The Labute approximate surface area is 143 Å². The average molecular weight is 324 g/mol. The first-order chi connectivity index (χ1) is 11.4. The van der Waals surface area contributed by atoms with Crippen LogP contribution in [0.5, 0.6) is 0 Å². The molecule has 0 bridgehead atoms. The second-order valence-electron chi connectivity index (χ2n) is 7.19. The summed E-state index contributed by atoms with van der Waals surface area (Å²) in [4.78, 5) is 19.0. The van der Waals surface area contributed by atoms with E-state index in [0.717, 1.165) is 11.3 Å². The third-order valence-corrected chi connectivity index (χ3v) is 4.37.